The third kappa shape index (κ3) is 5.42. The van der Waals surface area contributed by atoms with E-state index in [0.29, 0.717) is 18.7 Å². The van der Waals surface area contributed by atoms with Gasteiger partial charge in [-0.25, -0.2) is 14.8 Å². The fourth-order valence-corrected chi connectivity index (χ4v) is 2.79. The van der Waals surface area contributed by atoms with Crippen LogP contribution in [0.25, 0.3) is 0 Å². The summed E-state index contributed by atoms with van der Waals surface area (Å²) in [5, 5.41) is 9.73. The van der Waals surface area contributed by atoms with Crippen LogP contribution in [-0.2, 0) is 16.1 Å². The van der Waals surface area contributed by atoms with Crippen molar-refractivity contribution in [2.45, 2.75) is 39.0 Å². The Kier molecular flexibility index (Phi) is 6.08. The van der Waals surface area contributed by atoms with Crippen LogP contribution in [0.15, 0.2) is 6.20 Å². The highest BCUT2D eigenvalue weighted by Crippen LogP contribution is 2.21. The van der Waals surface area contributed by atoms with E-state index in [1.54, 1.807) is 25.7 Å². The van der Waals surface area contributed by atoms with Crippen molar-refractivity contribution in [2.75, 3.05) is 19.6 Å². The van der Waals surface area contributed by atoms with E-state index in [1.807, 2.05) is 0 Å². The number of carboxylic acids is 1. The number of carbonyl (C=O) groups is 2. The molecule has 25 heavy (non-hydrogen) atoms. The maximum atomic E-state index is 12.2. The highest BCUT2D eigenvalue weighted by molar-refractivity contribution is 6.32. The van der Waals surface area contributed by atoms with Gasteiger partial charge in [-0.3, -0.25) is 9.69 Å². The summed E-state index contributed by atoms with van der Waals surface area (Å²) in [6.45, 7) is 6.26. The van der Waals surface area contributed by atoms with E-state index in [-0.39, 0.29) is 23.5 Å². The van der Waals surface area contributed by atoms with Gasteiger partial charge in [0.25, 0.3) is 0 Å². The van der Waals surface area contributed by atoms with Gasteiger partial charge in [-0.2, -0.15) is 0 Å². The van der Waals surface area contributed by atoms with Gasteiger partial charge in [0.2, 0.25) is 5.28 Å². The lowest BCUT2D eigenvalue weighted by atomic mass is 10.1. The molecule has 0 unspecified atom stereocenters. The van der Waals surface area contributed by atoms with Crippen LogP contribution in [0.5, 0.6) is 0 Å². The van der Waals surface area contributed by atoms with Gasteiger partial charge in [-0.05, 0) is 32.4 Å². The summed E-state index contributed by atoms with van der Waals surface area (Å²) < 4.78 is 5.31. The number of rotatable bonds is 3. The number of ether oxygens (including phenoxy) is 1. The van der Waals surface area contributed by atoms with Crippen LogP contribution in [0.3, 0.4) is 0 Å². The van der Waals surface area contributed by atoms with Crippen molar-refractivity contribution in [2.24, 2.45) is 0 Å². The molecule has 8 nitrogen and oxygen atoms in total. The largest absolute Gasteiger partial charge is 0.480 e. The van der Waals surface area contributed by atoms with Gasteiger partial charge in [0, 0.05) is 31.4 Å². The quantitative estimate of drug-likeness (QED) is 0.624. The van der Waals surface area contributed by atoms with Crippen LogP contribution < -0.4 is 0 Å². The summed E-state index contributed by atoms with van der Waals surface area (Å²) in [7, 11) is 0. The summed E-state index contributed by atoms with van der Waals surface area (Å²) >= 11 is 11.7. The number of halogens is 2. The SMILES string of the molecule is CC(C)(C)OC(=O)N1CCN(Cc2cnc(Cl)nc2Cl)[C@@H](C(=O)O)C1. The van der Waals surface area contributed by atoms with E-state index in [0.717, 1.165) is 0 Å². The molecule has 138 valence electrons. The van der Waals surface area contributed by atoms with Crippen molar-refractivity contribution in [3.8, 4) is 0 Å². The van der Waals surface area contributed by atoms with E-state index in [4.69, 9.17) is 27.9 Å². The minimum Gasteiger partial charge on any atom is -0.480 e. The average molecular weight is 391 g/mol. The molecule has 0 spiro atoms. The first-order chi connectivity index (χ1) is 11.6. The predicted octanol–water partition coefficient (Wildman–Crippen LogP) is 2.29. The van der Waals surface area contributed by atoms with Crippen molar-refractivity contribution >= 4 is 35.3 Å². The zero-order valence-corrected chi connectivity index (χ0v) is 15.7. The second-order valence-electron chi connectivity index (χ2n) is 6.71. The lowest BCUT2D eigenvalue weighted by Crippen LogP contribution is -2.57. The highest BCUT2D eigenvalue weighted by Gasteiger charge is 2.36. The fourth-order valence-electron chi connectivity index (χ4n) is 2.43. The van der Waals surface area contributed by atoms with Crippen LogP contribution in [-0.4, -0.2) is 68.2 Å². The molecular formula is C15H20Cl2N4O4. The van der Waals surface area contributed by atoms with Gasteiger partial charge in [0.05, 0.1) is 6.54 Å². The maximum Gasteiger partial charge on any atom is 0.410 e. The Hall–Kier alpha value is -1.64. The molecule has 1 saturated heterocycles. The first kappa shape index (κ1) is 19.7. The zero-order chi connectivity index (χ0) is 18.8. The Morgan fingerprint density at radius 2 is 2.04 bits per heavy atom. The van der Waals surface area contributed by atoms with Gasteiger partial charge in [0.1, 0.15) is 16.8 Å². The van der Waals surface area contributed by atoms with Crippen LogP contribution in [0.2, 0.25) is 10.4 Å². The summed E-state index contributed by atoms with van der Waals surface area (Å²) in [5.74, 6) is -1.03. The highest BCUT2D eigenvalue weighted by atomic mass is 35.5. The molecule has 1 fully saturated rings. The molecule has 10 heteroatoms. The molecule has 0 aliphatic carbocycles. The molecule has 0 aromatic carbocycles. The molecule has 1 N–H and O–H groups in total. The number of carbonyl (C=O) groups excluding carboxylic acids is 1. The number of aliphatic carboxylic acids is 1. The van der Waals surface area contributed by atoms with E-state index in [1.165, 1.54) is 11.1 Å². The molecule has 1 aliphatic rings. The molecule has 0 saturated carbocycles. The number of carboxylic acid groups (broad SMARTS) is 1. The summed E-state index contributed by atoms with van der Waals surface area (Å²) in [6, 6.07) is -0.881. The number of nitrogens with zero attached hydrogens (tertiary/aromatic N) is 4. The van der Waals surface area contributed by atoms with Crippen molar-refractivity contribution in [3.05, 3.63) is 22.2 Å². The van der Waals surface area contributed by atoms with Gasteiger partial charge in [-0.1, -0.05) is 11.6 Å². The number of piperazine rings is 1. The third-order valence-corrected chi connectivity index (χ3v) is 4.09. The number of hydrogen-bond donors (Lipinski definition) is 1. The lowest BCUT2D eigenvalue weighted by Gasteiger charge is -2.39. The fraction of sp³-hybridized carbons (Fsp3) is 0.600. The average Bonchev–Trinajstić information content (AvgIpc) is 2.48. The van der Waals surface area contributed by atoms with Crippen LogP contribution in [0, 0.1) is 0 Å². The van der Waals surface area contributed by atoms with Gasteiger partial charge in [0.15, 0.2) is 0 Å². The van der Waals surface area contributed by atoms with Crippen LogP contribution >= 0.6 is 23.2 Å². The summed E-state index contributed by atoms with van der Waals surface area (Å²) in [6.07, 6.45) is 0.947. The zero-order valence-electron chi connectivity index (χ0n) is 14.2. The Bertz CT molecular complexity index is 665. The van der Waals surface area contributed by atoms with E-state index >= 15 is 0 Å². The van der Waals surface area contributed by atoms with Gasteiger partial charge in [-0.15, -0.1) is 0 Å². The molecule has 0 radical (unpaired) electrons. The minimum absolute atomic E-state index is 0.0241. The van der Waals surface area contributed by atoms with Crippen molar-refractivity contribution in [1.29, 1.82) is 0 Å². The Morgan fingerprint density at radius 3 is 2.60 bits per heavy atom. The topological polar surface area (TPSA) is 95.9 Å². The van der Waals surface area contributed by atoms with E-state index in [9.17, 15) is 14.7 Å². The molecule has 1 aromatic rings. The van der Waals surface area contributed by atoms with Gasteiger partial charge < -0.3 is 14.7 Å². The van der Waals surface area contributed by atoms with Crippen molar-refractivity contribution < 1.29 is 19.4 Å². The summed E-state index contributed by atoms with van der Waals surface area (Å²) in [4.78, 5) is 34.7. The predicted molar refractivity (Wildman–Crippen MR) is 91.7 cm³/mol. The van der Waals surface area contributed by atoms with Gasteiger partial charge >= 0.3 is 12.1 Å². The molecular weight excluding hydrogens is 371 g/mol. The Morgan fingerprint density at radius 1 is 1.36 bits per heavy atom. The van der Waals surface area contributed by atoms with Crippen molar-refractivity contribution in [3.63, 3.8) is 0 Å². The second-order valence-corrected chi connectivity index (χ2v) is 7.40. The van der Waals surface area contributed by atoms with Crippen LogP contribution in [0.1, 0.15) is 26.3 Å². The molecule has 2 rings (SSSR count). The monoisotopic (exact) mass is 390 g/mol. The van der Waals surface area contributed by atoms with E-state index < -0.39 is 23.7 Å². The van der Waals surface area contributed by atoms with Crippen LogP contribution in [0.4, 0.5) is 4.79 Å². The summed E-state index contributed by atoms with van der Waals surface area (Å²) in [5.41, 5.74) is -0.0655. The molecule has 1 amide bonds. The maximum absolute atomic E-state index is 12.2. The minimum atomic E-state index is -1.03. The number of hydrogen-bond acceptors (Lipinski definition) is 6. The van der Waals surface area contributed by atoms with Crippen molar-refractivity contribution in [1.82, 2.24) is 19.8 Å². The normalized spacial score (nSPS) is 18.9. The third-order valence-electron chi connectivity index (χ3n) is 3.58. The Labute approximate surface area is 155 Å². The smallest absolute Gasteiger partial charge is 0.410 e. The molecule has 1 aromatic heterocycles. The molecule has 1 aliphatic heterocycles. The molecule has 0 bridgehead atoms. The second kappa shape index (κ2) is 7.72. The van der Waals surface area contributed by atoms with E-state index in [2.05, 4.69) is 9.97 Å². The first-order valence-corrected chi connectivity index (χ1v) is 8.44. The lowest BCUT2D eigenvalue weighted by molar-refractivity contribution is -0.145. The standard InChI is InChI=1S/C15H20Cl2N4O4/c1-15(2,3)25-14(24)21-5-4-20(10(8-21)12(22)23)7-9-6-18-13(17)19-11(9)16/h6,10H,4-5,7-8H2,1-3H3,(H,22,23)/t10-/m1/s1. The Balaban J connectivity index is 2.09. The number of aromatic nitrogens is 2. The number of amides is 1. The first-order valence-electron chi connectivity index (χ1n) is 7.68. The molecule has 2 heterocycles. The molecule has 1 atom stereocenters.